The summed E-state index contributed by atoms with van der Waals surface area (Å²) in [6.07, 6.45) is -2.40. The molecule has 0 saturated heterocycles. The lowest BCUT2D eigenvalue weighted by Gasteiger charge is -2.25. The number of carbonyl (C=O) groups is 9. The third-order valence-electron chi connectivity index (χ3n) is 6.49. The van der Waals surface area contributed by atoms with Crippen LogP contribution in [0.15, 0.2) is 30.3 Å². The summed E-state index contributed by atoms with van der Waals surface area (Å²) in [6.45, 7) is 2.48. The zero-order chi connectivity index (χ0) is 35.8. The molecule has 1 aromatic carbocycles. The smallest absolute Gasteiger partial charge is 0.326 e. The van der Waals surface area contributed by atoms with Crippen LogP contribution in [-0.2, 0) is 43.2 Å². The maximum Gasteiger partial charge on any atom is 0.326 e. The first-order valence-corrected chi connectivity index (χ1v) is 14.2. The van der Waals surface area contributed by atoms with Crippen LogP contribution in [0, 0.1) is 0 Å². The van der Waals surface area contributed by atoms with Gasteiger partial charge in [-0.15, -0.1) is 0 Å². The molecule has 0 heterocycles. The first kappa shape index (κ1) is 39.4. The lowest BCUT2D eigenvalue weighted by molar-refractivity contribution is -0.142. The summed E-state index contributed by atoms with van der Waals surface area (Å²) in [5, 5.41) is 38.7. The molecule has 1 rings (SSSR count). The number of nitrogens with one attached hydrogen (secondary N) is 5. The van der Waals surface area contributed by atoms with E-state index in [1.54, 1.807) is 18.2 Å². The van der Waals surface area contributed by atoms with Crippen molar-refractivity contribution in [3.63, 3.8) is 0 Å². The molecule has 6 amide bonds. The molecule has 1 aromatic rings. The average Bonchev–Trinajstić information content (AvgIpc) is 2.99. The van der Waals surface area contributed by atoms with Crippen molar-refractivity contribution in [3.8, 4) is 0 Å². The van der Waals surface area contributed by atoms with Crippen molar-refractivity contribution in [1.82, 2.24) is 26.6 Å². The van der Waals surface area contributed by atoms with Crippen molar-refractivity contribution in [2.24, 2.45) is 11.5 Å². The zero-order valence-corrected chi connectivity index (χ0v) is 25.6. The molecule has 258 valence electrons. The van der Waals surface area contributed by atoms with E-state index in [0.29, 0.717) is 0 Å². The Bertz CT molecular complexity index is 1340. The van der Waals surface area contributed by atoms with Gasteiger partial charge in [-0.05, 0) is 32.3 Å². The second-order valence-corrected chi connectivity index (χ2v) is 10.4. The highest BCUT2D eigenvalue weighted by atomic mass is 16.4. The highest BCUT2D eigenvalue weighted by molar-refractivity contribution is 5.96. The minimum Gasteiger partial charge on any atom is -0.481 e. The van der Waals surface area contributed by atoms with E-state index >= 15 is 0 Å². The van der Waals surface area contributed by atoms with E-state index in [1.165, 1.54) is 26.0 Å². The van der Waals surface area contributed by atoms with Gasteiger partial charge in [0.25, 0.3) is 0 Å². The molecule has 0 unspecified atom stereocenters. The van der Waals surface area contributed by atoms with Crippen LogP contribution in [0.1, 0.15) is 57.6 Å². The molecule has 0 aliphatic carbocycles. The Kier molecular flexibility index (Phi) is 16.0. The van der Waals surface area contributed by atoms with Gasteiger partial charge in [0, 0.05) is 12.8 Å². The minimum absolute atomic E-state index is 0.258. The fourth-order valence-corrected chi connectivity index (χ4v) is 3.89. The van der Waals surface area contributed by atoms with Crippen molar-refractivity contribution < 1.29 is 58.5 Å². The molecule has 19 nitrogen and oxygen atoms in total. The molecular weight excluding hydrogens is 626 g/mol. The molecule has 0 fully saturated rings. The van der Waals surface area contributed by atoms with E-state index in [1.807, 2.05) is 0 Å². The van der Waals surface area contributed by atoms with Crippen LogP contribution in [0.5, 0.6) is 0 Å². The number of carbonyl (C=O) groups excluding carboxylic acids is 6. The van der Waals surface area contributed by atoms with E-state index in [4.69, 9.17) is 21.7 Å². The standard InChI is InChI=1S/C28H39N7O12/c1-13(32-26(44)17(9-11-20(37)38)33-25(43)16(29)12-21(39)40)23(41)31-14(2)24(42)35-22(15-6-4-3-5-7-15)27(45)34-18(28(46)47)8-10-19(30)36/h3-7,13-14,16-18,22H,8-12,29H2,1-2H3,(H2,30,36)(H,31,41)(H,32,44)(H,33,43)(H,34,45)(H,35,42)(H,37,38)(H,39,40)(H,46,47)/t13-,14-,16-,17-,18-,22-/m0/s1. The number of benzene rings is 1. The Labute approximate surface area is 268 Å². The molecule has 12 N–H and O–H groups in total. The molecule has 0 aromatic heterocycles. The maximum atomic E-state index is 13.1. The second-order valence-electron chi connectivity index (χ2n) is 10.4. The summed E-state index contributed by atoms with van der Waals surface area (Å²) in [5.74, 6) is -9.66. The van der Waals surface area contributed by atoms with Gasteiger partial charge in [-0.25, -0.2) is 4.79 Å². The molecule has 0 aliphatic rings. The fourth-order valence-electron chi connectivity index (χ4n) is 3.89. The largest absolute Gasteiger partial charge is 0.481 e. The first-order valence-electron chi connectivity index (χ1n) is 14.2. The number of primary amides is 1. The van der Waals surface area contributed by atoms with E-state index in [-0.39, 0.29) is 18.4 Å². The third-order valence-corrected chi connectivity index (χ3v) is 6.49. The molecule has 0 spiro atoms. The molecule has 0 bridgehead atoms. The highest BCUT2D eigenvalue weighted by Gasteiger charge is 2.31. The van der Waals surface area contributed by atoms with Gasteiger partial charge in [0.2, 0.25) is 35.4 Å². The van der Waals surface area contributed by atoms with Crippen LogP contribution in [0.3, 0.4) is 0 Å². The van der Waals surface area contributed by atoms with Crippen LogP contribution in [0.4, 0.5) is 0 Å². The van der Waals surface area contributed by atoms with Crippen LogP contribution < -0.4 is 38.1 Å². The summed E-state index contributed by atoms with van der Waals surface area (Å²) >= 11 is 0. The highest BCUT2D eigenvalue weighted by Crippen LogP contribution is 2.14. The van der Waals surface area contributed by atoms with Gasteiger partial charge in [0.05, 0.1) is 12.5 Å². The van der Waals surface area contributed by atoms with Gasteiger partial charge in [0.1, 0.15) is 30.2 Å². The molecule has 6 atom stereocenters. The van der Waals surface area contributed by atoms with Gasteiger partial charge in [-0.2, -0.15) is 0 Å². The molecule has 0 radical (unpaired) electrons. The Balaban J connectivity index is 2.97. The predicted molar refractivity (Wildman–Crippen MR) is 160 cm³/mol. The van der Waals surface area contributed by atoms with Crippen molar-refractivity contribution in [1.29, 1.82) is 0 Å². The van der Waals surface area contributed by atoms with Crippen LogP contribution >= 0.6 is 0 Å². The summed E-state index contributed by atoms with van der Waals surface area (Å²) in [5.41, 5.74) is 10.8. The Hall–Kier alpha value is -5.59. The Morgan fingerprint density at radius 1 is 0.638 bits per heavy atom. The number of amides is 6. The van der Waals surface area contributed by atoms with Gasteiger partial charge in [-0.3, -0.25) is 38.4 Å². The van der Waals surface area contributed by atoms with E-state index in [0.717, 1.165) is 0 Å². The quantitative estimate of drug-likeness (QED) is 0.0658. The monoisotopic (exact) mass is 665 g/mol. The van der Waals surface area contributed by atoms with Gasteiger partial charge >= 0.3 is 17.9 Å². The normalized spacial score (nSPS) is 14.4. The lowest BCUT2D eigenvalue weighted by Crippen LogP contribution is -2.57. The molecule has 19 heteroatoms. The first-order chi connectivity index (χ1) is 21.9. The summed E-state index contributed by atoms with van der Waals surface area (Å²) in [7, 11) is 0. The van der Waals surface area contributed by atoms with E-state index in [2.05, 4.69) is 26.6 Å². The Morgan fingerprint density at radius 3 is 1.66 bits per heavy atom. The third kappa shape index (κ3) is 14.4. The predicted octanol–water partition coefficient (Wildman–Crippen LogP) is -3.16. The van der Waals surface area contributed by atoms with Crippen molar-refractivity contribution in [2.45, 2.75) is 82.2 Å². The molecule has 0 saturated carbocycles. The number of hydrogen-bond acceptors (Lipinski definition) is 10. The van der Waals surface area contributed by atoms with Crippen molar-refractivity contribution in [2.75, 3.05) is 0 Å². The number of rotatable bonds is 20. The van der Waals surface area contributed by atoms with Crippen LogP contribution in [0.2, 0.25) is 0 Å². The van der Waals surface area contributed by atoms with Crippen LogP contribution in [0.25, 0.3) is 0 Å². The van der Waals surface area contributed by atoms with E-state index < -0.39 is 109 Å². The summed E-state index contributed by atoms with van der Waals surface area (Å²) < 4.78 is 0. The maximum absolute atomic E-state index is 13.1. The van der Waals surface area contributed by atoms with Gasteiger partial charge in [-0.1, -0.05) is 30.3 Å². The lowest BCUT2D eigenvalue weighted by atomic mass is 10.0. The average molecular weight is 666 g/mol. The van der Waals surface area contributed by atoms with E-state index in [9.17, 15) is 48.3 Å². The van der Waals surface area contributed by atoms with Crippen LogP contribution in [-0.4, -0.2) is 98.9 Å². The topological polar surface area (TPSA) is 327 Å². The van der Waals surface area contributed by atoms with Gasteiger partial charge < -0.3 is 53.4 Å². The number of hydrogen-bond donors (Lipinski definition) is 10. The zero-order valence-electron chi connectivity index (χ0n) is 25.6. The fraction of sp³-hybridized carbons (Fsp3) is 0.464. The number of carboxylic acid groups (broad SMARTS) is 3. The number of carboxylic acids is 3. The van der Waals surface area contributed by atoms with Crippen molar-refractivity contribution in [3.05, 3.63) is 35.9 Å². The summed E-state index contributed by atoms with van der Waals surface area (Å²) in [6, 6.07) is -0.913. The Morgan fingerprint density at radius 2 is 1.15 bits per heavy atom. The summed E-state index contributed by atoms with van der Waals surface area (Å²) in [4.78, 5) is 109. The van der Waals surface area contributed by atoms with Gasteiger partial charge in [0.15, 0.2) is 0 Å². The molecule has 0 aliphatic heterocycles. The number of nitrogens with two attached hydrogens (primary N) is 2. The van der Waals surface area contributed by atoms with Crippen molar-refractivity contribution >= 4 is 53.4 Å². The number of aliphatic carboxylic acids is 3. The SMILES string of the molecule is C[C@H](NC(=O)[C@H](C)NC(=O)[C@H](CCC(=O)O)NC(=O)[C@@H](N)CC(=O)O)C(=O)N[C@H](C(=O)N[C@@H](CCC(N)=O)C(=O)O)c1ccccc1. The minimum atomic E-state index is -1.54. The second kappa shape index (κ2) is 19.0. The molecule has 47 heavy (non-hydrogen) atoms. The molecular formula is C28H39N7O12.